The average molecular weight is 445 g/mol. The summed E-state index contributed by atoms with van der Waals surface area (Å²) in [4.78, 5) is 12.4. The van der Waals surface area contributed by atoms with E-state index in [1.165, 1.54) is 0 Å². The van der Waals surface area contributed by atoms with Gasteiger partial charge in [-0.3, -0.25) is 4.79 Å². The maximum atomic E-state index is 12.6. The molecule has 2 aromatic carbocycles. The molecule has 7 heteroatoms. The highest BCUT2D eigenvalue weighted by molar-refractivity contribution is 7.88. The maximum Gasteiger partial charge on any atom is 0.251 e. The number of benzene rings is 2. The van der Waals surface area contributed by atoms with Crippen LogP contribution in [0.25, 0.3) is 0 Å². The van der Waals surface area contributed by atoms with Gasteiger partial charge in [0, 0.05) is 18.7 Å². The van der Waals surface area contributed by atoms with Gasteiger partial charge < -0.3 is 10.1 Å². The highest BCUT2D eigenvalue weighted by Crippen LogP contribution is 2.25. The van der Waals surface area contributed by atoms with E-state index < -0.39 is 10.0 Å². The fraction of sp³-hybridized carbons (Fsp3) is 0.458. The average Bonchev–Trinajstić information content (AvgIpc) is 2.77. The van der Waals surface area contributed by atoms with Gasteiger partial charge in [-0.2, -0.15) is 0 Å². The first-order valence-corrected chi connectivity index (χ1v) is 12.5. The fourth-order valence-electron chi connectivity index (χ4n) is 3.71. The van der Waals surface area contributed by atoms with E-state index in [9.17, 15) is 13.2 Å². The Morgan fingerprint density at radius 3 is 2.39 bits per heavy atom. The molecular weight excluding hydrogens is 412 g/mol. The summed E-state index contributed by atoms with van der Waals surface area (Å²) in [5.74, 6) is 0.970. The Morgan fingerprint density at radius 2 is 1.71 bits per heavy atom. The largest absolute Gasteiger partial charge is 0.491 e. The van der Waals surface area contributed by atoms with Crippen molar-refractivity contribution in [1.82, 2.24) is 9.62 Å². The highest BCUT2D eigenvalue weighted by atomic mass is 32.2. The maximum absolute atomic E-state index is 12.6. The van der Waals surface area contributed by atoms with Crippen LogP contribution in [0.4, 0.5) is 0 Å². The third-order valence-electron chi connectivity index (χ3n) is 5.46. The Hall–Kier alpha value is -2.38. The molecule has 0 bridgehead atoms. The van der Waals surface area contributed by atoms with Gasteiger partial charge >= 0.3 is 0 Å². The molecule has 0 unspecified atom stereocenters. The van der Waals surface area contributed by atoms with Gasteiger partial charge in [0.15, 0.2) is 0 Å². The van der Waals surface area contributed by atoms with Crippen molar-refractivity contribution in [3.05, 3.63) is 65.2 Å². The first-order chi connectivity index (χ1) is 14.9. The molecule has 0 saturated carbocycles. The molecule has 1 aliphatic heterocycles. The van der Waals surface area contributed by atoms with Crippen molar-refractivity contribution < 1.29 is 17.9 Å². The van der Waals surface area contributed by atoms with Crippen LogP contribution in [0.1, 0.15) is 60.5 Å². The number of nitrogens with zero attached hydrogens (tertiary/aromatic N) is 1. The van der Waals surface area contributed by atoms with E-state index in [2.05, 4.69) is 19.2 Å². The van der Waals surface area contributed by atoms with Gasteiger partial charge in [-0.15, -0.1) is 0 Å². The van der Waals surface area contributed by atoms with Crippen LogP contribution in [-0.4, -0.2) is 44.9 Å². The predicted octanol–water partition coefficient (Wildman–Crippen LogP) is 3.93. The van der Waals surface area contributed by atoms with Gasteiger partial charge in [0.1, 0.15) is 12.4 Å². The Kier molecular flexibility index (Phi) is 8.09. The van der Waals surface area contributed by atoms with Crippen LogP contribution in [0.15, 0.2) is 48.5 Å². The predicted molar refractivity (Wildman–Crippen MR) is 123 cm³/mol. The van der Waals surface area contributed by atoms with Crippen LogP contribution >= 0.6 is 0 Å². The quantitative estimate of drug-likeness (QED) is 0.595. The van der Waals surface area contributed by atoms with Crippen LogP contribution < -0.4 is 10.1 Å². The highest BCUT2D eigenvalue weighted by Gasteiger charge is 2.24. The summed E-state index contributed by atoms with van der Waals surface area (Å²) < 4.78 is 32.5. The van der Waals surface area contributed by atoms with Crippen molar-refractivity contribution in [2.75, 3.05) is 26.2 Å². The normalized spacial score (nSPS) is 15.1. The van der Waals surface area contributed by atoms with E-state index in [4.69, 9.17) is 4.74 Å². The Morgan fingerprint density at radius 1 is 1.03 bits per heavy atom. The van der Waals surface area contributed by atoms with Crippen LogP contribution in [-0.2, 0) is 15.8 Å². The summed E-state index contributed by atoms with van der Waals surface area (Å²) in [5.41, 5.74) is 2.33. The minimum absolute atomic E-state index is 0.0298. The number of hydrogen-bond acceptors (Lipinski definition) is 4. The second kappa shape index (κ2) is 10.8. The zero-order chi connectivity index (χ0) is 22.3. The lowest BCUT2D eigenvalue weighted by Gasteiger charge is -2.25. The molecule has 1 amide bonds. The summed E-state index contributed by atoms with van der Waals surface area (Å²) in [6, 6.07) is 14.7. The molecule has 0 atom stereocenters. The first kappa shape index (κ1) is 23.3. The number of carbonyl (C=O) groups excluding carboxylic acids is 1. The van der Waals surface area contributed by atoms with Gasteiger partial charge in [-0.05, 0) is 48.1 Å². The van der Waals surface area contributed by atoms with Crippen molar-refractivity contribution in [1.29, 1.82) is 0 Å². The zero-order valence-electron chi connectivity index (χ0n) is 18.3. The van der Waals surface area contributed by atoms with E-state index in [0.29, 0.717) is 43.3 Å². The smallest absolute Gasteiger partial charge is 0.251 e. The lowest BCUT2D eigenvalue weighted by molar-refractivity contribution is 0.0947. The van der Waals surface area contributed by atoms with E-state index in [1.807, 2.05) is 24.3 Å². The molecule has 0 spiro atoms. The van der Waals surface area contributed by atoms with Crippen LogP contribution in [0.3, 0.4) is 0 Å². The molecule has 0 radical (unpaired) electrons. The van der Waals surface area contributed by atoms with Crippen molar-refractivity contribution in [3.63, 3.8) is 0 Å². The third-order valence-corrected chi connectivity index (χ3v) is 7.31. The second-order valence-electron chi connectivity index (χ2n) is 8.21. The molecule has 1 aliphatic rings. The minimum Gasteiger partial charge on any atom is -0.491 e. The fourth-order valence-corrected chi connectivity index (χ4v) is 5.32. The molecule has 2 aromatic rings. The molecule has 0 aromatic heterocycles. The summed E-state index contributed by atoms with van der Waals surface area (Å²) in [6.07, 6.45) is 2.93. The van der Waals surface area contributed by atoms with Crippen molar-refractivity contribution in [2.24, 2.45) is 0 Å². The number of hydrogen-bond donors (Lipinski definition) is 1. The van der Waals surface area contributed by atoms with Gasteiger partial charge in [0.25, 0.3) is 5.91 Å². The standard InChI is InChI=1S/C24H32N2O4S/c1-19(2)22-8-4-5-9-23(22)30-17-14-25-24(27)21-12-10-20(11-13-21)18-31(28,29)26-15-6-3-7-16-26/h4-5,8-13,19H,3,6-7,14-18H2,1-2H3,(H,25,27). The molecule has 3 rings (SSSR count). The lowest BCUT2D eigenvalue weighted by atomic mass is 10.0. The third kappa shape index (κ3) is 6.55. The number of amides is 1. The minimum atomic E-state index is -3.31. The number of nitrogens with one attached hydrogen (secondary N) is 1. The lowest BCUT2D eigenvalue weighted by Crippen LogP contribution is -2.36. The van der Waals surface area contributed by atoms with E-state index in [-0.39, 0.29) is 11.7 Å². The number of sulfonamides is 1. The molecule has 0 aliphatic carbocycles. The summed E-state index contributed by atoms with van der Waals surface area (Å²) in [6.45, 7) is 6.20. The van der Waals surface area contributed by atoms with Crippen LogP contribution in [0.5, 0.6) is 5.75 Å². The van der Waals surface area contributed by atoms with Gasteiger partial charge in [0.05, 0.1) is 12.3 Å². The second-order valence-corrected chi connectivity index (χ2v) is 10.2. The van der Waals surface area contributed by atoms with Crippen LogP contribution in [0.2, 0.25) is 0 Å². The number of rotatable bonds is 9. The molecule has 1 N–H and O–H groups in total. The number of para-hydroxylation sites is 1. The molecule has 1 saturated heterocycles. The number of piperidine rings is 1. The van der Waals surface area contributed by atoms with Gasteiger partial charge in [-0.25, -0.2) is 12.7 Å². The number of carbonyl (C=O) groups is 1. The van der Waals surface area contributed by atoms with E-state index in [0.717, 1.165) is 30.6 Å². The Labute approximate surface area is 185 Å². The monoisotopic (exact) mass is 444 g/mol. The SMILES string of the molecule is CC(C)c1ccccc1OCCNC(=O)c1ccc(CS(=O)(=O)N2CCCCC2)cc1. The van der Waals surface area contributed by atoms with Crippen LogP contribution in [0, 0.1) is 0 Å². The van der Waals surface area contributed by atoms with Gasteiger partial charge in [-0.1, -0.05) is 50.6 Å². The molecule has 168 valence electrons. The zero-order valence-corrected chi connectivity index (χ0v) is 19.2. The Balaban J connectivity index is 1.48. The summed E-state index contributed by atoms with van der Waals surface area (Å²) in [5, 5.41) is 2.85. The van der Waals surface area contributed by atoms with Gasteiger partial charge in [0.2, 0.25) is 10.0 Å². The topological polar surface area (TPSA) is 75.7 Å². The summed E-state index contributed by atoms with van der Waals surface area (Å²) >= 11 is 0. The molecular formula is C24H32N2O4S. The number of ether oxygens (including phenoxy) is 1. The van der Waals surface area contributed by atoms with E-state index in [1.54, 1.807) is 28.6 Å². The van der Waals surface area contributed by atoms with Crippen molar-refractivity contribution in [3.8, 4) is 5.75 Å². The Bertz CT molecular complexity index is 965. The molecule has 6 nitrogen and oxygen atoms in total. The van der Waals surface area contributed by atoms with Crippen molar-refractivity contribution in [2.45, 2.75) is 44.8 Å². The van der Waals surface area contributed by atoms with E-state index >= 15 is 0 Å². The molecule has 1 heterocycles. The molecule has 1 fully saturated rings. The molecule has 31 heavy (non-hydrogen) atoms. The van der Waals surface area contributed by atoms with Crippen molar-refractivity contribution >= 4 is 15.9 Å². The first-order valence-electron chi connectivity index (χ1n) is 10.9. The summed E-state index contributed by atoms with van der Waals surface area (Å²) in [7, 11) is -3.31.